The number of carbonyl (C=O) groups excluding carboxylic acids is 2. The zero-order valence-electron chi connectivity index (χ0n) is 15.1. The lowest BCUT2D eigenvalue weighted by Crippen LogP contribution is -2.35. The van der Waals surface area contributed by atoms with Crippen molar-refractivity contribution in [2.75, 3.05) is 32.1 Å². The summed E-state index contributed by atoms with van der Waals surface area (Å²) >= 11 is 12.7. The highest BCUT2D eigenvalue weighted by Crippen LogP contribution is 2.41. The van der Waals surface area contributed by atoms with E-state index in [1.54, 1.807) is 13.1 Å². The summed E-state index contributed by atoms with van der Waals surface area (Å²) in [5, 5.41) is 1.22. The molecule has 140 valence electrons. The van der Waals surface area contributed by atoms with Gasteiger partial charge in [0.2, 0.25) is 0 Å². The molecule has 5 nitrogen and oxygen atoms in total. The molecular weight excluding hydrogens is 385 g/mol. The molecule has 0 bridgehead atoms. The summed E-state index contributed by atoms with van der Waals surface area (Å²) in [7, 11) is 3.66. The quantitative estimate of drug-likeness (QED) is 0.712. The second-order valence-electron chi connectivity index (χ2n) is 7.13. The van der Waals surface area contributed by atoms with Crippen LogP contribution in [0.15, 0.2) is 36.4 Å². The number of para-hydroxylation sites is 1. The minimum Gasteiger partial charge on any atom is -0.318 e. The van der Waals surface area contributed by atoms with Gasteiger partial charge in [0.1, 0.15) is 6.54 Å². The molecule has 4 rings (SSSR count). The second-order valence-corrected chi connectivity index (χ2v) is 7.97. The van der Waals surface area contributed by atoms with Crippen molar-refractivity contribution in [2.24, 2.45) is 0 Å². The minimum absolute atomic E-state index is 0.0438. The molecule has 27 heavy (non-hydrogen) atoms. The Morgan fingerprint density at radius 1 is 1.00 bits per heavy atom. The molecule has 2 aliphatic heterocycles. The lowest BCUT2D eigenvalue weighted by molar-refractivity contribution is -0.116. The molecule has 2 heterocycles. The first kappa shape index (κ1) is 18.3. The number of likely N-dealkylation sites (N-methyl/N-ethyl adjacent to an activating group) is 2. The normalized spacial score (nSPS) is 20.4. The second kappa shape index (κ2) is 6.82. The molecule has 0 radical (unpaired) electrons. The molecule has 3 amide bonds. The molecular formula is C20H19Cl2N3O2. The molecule has 0 N–H and O–H groups in total. The van der Waals surface area contributed by atoms with Gasteiger partial charge in [-0.2, -0.15) is 0 Å². The molecule has 0 saturated carbocycles. The Morgan fingerprint density at radius 3 is 2.44 bits per heavy atom. The third kappa shape index (κ3) is 3.10. The fraction of sp³-hybridized carbons (Fsp3) is 0.300. The highest BCUT2D eigenvalue weighted by atomic mass is 35.5. The van der Waals surface area contributed by atoms with Crippen LogP contribution in [0.2, 0.25) is 10.0 Å². The van der Waals surface area contributed by atoms with Gasteiger partial charge in [-0.05, 0) is 41.9 Å². The monoisotopic (exact) mass is 403 g/mol. The highest BCUT2D eigenvalue weighted by molar-refractivity contribution is 6.35. The first-order chi connectivity index (χ1) is 12.9. The summed E-state index contributed by atoms with van der Waals surface area (Å²) in [6, 6.07) is 11.0. The van der Waals surface area contributed by atoms with Crippen LogP contribution in [0.4, 0.5) is 10.5 Å². The van der Waals surface area contributed by atoms with Crippen molar-refractivity contribution in [3.63, 3.8) is 0 Å². The zero-order chi connectivity index (χ0) is 19.3. The van der Waals surface area contributed by atoms with Gasteiger partial charge in [0.15, 0.2) is 0 Å². The van der Waals surface area contributed by atoms with E-state index in [1.165, 1.54) is 9.80 Å². The Kier molecular flexibility index (Phi) is 4.62. The van der Waals surface area contributed by atoms with Crippen LogP contribution < -0.4 is 4.90 Å². The Bertz CT molecular complexity index is 947. The molecule has 1 fully saturated rings. The molecule has 1 unspecified atom stereocenters. The Labute approximate surface area is 168 Å². The first-order valence-corrected chi connectivity index (χ1v) is 9.45. The summed E-state index contributed by atoms with van der Waals surface area (Å²) in [4.78, 5) is 29.9. The van der Waals surface area contributed by atoms with Gasteiger partial charge in [0, 0.05) is 36.1 Å². The van der Waals surface area contributed by atoms with E-state index < -0.39 is 0 Å². The van der Waals surface area contributed by atoms with Crippen LogP contribution in [-0.2, 0) is 11.3 Å². The number of hydrogen-bond donors (Lipinski definition) is 0. The molecule has 2 aromatic carbocycles. The van der Waals surface area contributed by atoms with Gasteiger partial charge >= 0.3 is 6.03 Å². The van der Waals surface area contributed by atoms with Gasteiger partial charge in [-0.1, -0.05) is 41.4 Å². The van der Waals surface area contributed by atoms with Crippen molar-refractivity contribution >= 4 is 40.8 Å². The van der Waals surface area contributed by atoms with Crippen molar-refractivity contribution in [1.29, 1.82) is 0 Å². The van der Waals surface area contributed by atoms with Crippen LogP contribution in [0.3, 0.4) is 0 Å². The number of anilines is 1. The van der Waals surface area contributed by atoms with E-state index in [9.17, 15) is 9.59 Å². The smallest absolute Gasteiger partial charge is 0.318 e. The average Bonchev–Trinajstić information content (AvgIpc) is 2.87. The lowest BCUT2D eigenvalue weighted by Gasteiger charge is -2.35. The third-order valence-corrected chi connectivity index (χ3v) is 5.74. The van der Waals surface area contributed by atoms with Crippen LogP contribution in [-0.4, -0.2) is 48.9 Å². The summed E-state index contributed by atoms with van der Waals surface area (Å²) in [6.45, 7) is 1.56. The fourth-order valence-electron chi connectivity index (χ4n) is 3.95. The fourth-order valence-corrected chi connectivity index (χ4v) is 4.52. The van der Waals surface area contributed by atoms with E-state index in [1.807, 2.05) is 37.4 Å². The number of imide groups is 1. The maximum Gasteiger partial charge on any atom is 0.331 e. The molecule has 0 aliphatic carbocycles. The molecule has 1 saturated heterocycles. The zero-order valence-corrected chi connectivity index (χ0v) is 16.6. The Balaban J connectivity index is 1.87. The average molecular weight is 404 g/mol. The summed E-state index contributed by atoms with van der Waals surface area (Å²) < 4.78 is 0. The van der Waals surface area contributed by atoms with E-state index in [0.717, 1.165) is 29.8 Å². The van der Waals surface area contributed by atoms with Gasteiger partial charge in [-0.25, -0.2) is 9.69 Å². The maximum atomic E-state index is 12.5. The van der Waals surface area contributed by atoms with E-state index in [0.29, 0.717) is 15.7 Å². The van der Waals surface area contributed by atoms with E-state index in [4.69, 9.17) is 23.2 Å². The van der Waals surface area contributed by atoms with Crippen LogP contribution in [0, 0.1) is 0 Å². The topological polar surface area (TPSA) is 43.9 Å². The van der Waals surface area contributed by atoms with Gasteiger partial charge in [0.25, 0.3) is 5.91 Å². The minimum atomic E-state index is -0.305. The number of benzene rings is 2. The van der Waals surface area contributed by atoms with E-state index >= 15 is 0 Å². The number of halogens is 2. The van der Waals surface area contributed by atoms with E-state index in [2.05, 4.69) is 4.90 Å². The predicted octanol–water partition coefficient (Wildman–Crippen LogP) is 3.97. The van der Waals surface area contributed by atoms with Gasteiger partial charge in [-0.15, -0.1) is 0 Å². The number of urea groups is 1. The van der Waals surface area contributed by atoms with Gasteiger partial charge in [0.05, 0.1) is 5.69 Å². The number of hydrogen-bond acceptors (Lipinski definition) is 3. The van der Waals surface area contributed by atoms with Crippen molar-refractivity contribution in [3.05, 3.63) is 63.1 Å². The summed E-state index contributed by atoms with van der Waals surface area (Å²) in [5.74, 6) is -0.263. The first-order valence-electron chi connectivity index (χ1n) is 8.70. The van der Waals surface area contributed by atoms with Crippen molar-refractivity contribution in [3.8, 4) is 0 Å². The van der Waals surface area contributed by atoms with E-state index in [-0.39, 0.29) is 24.4 Å². The SMILES string of the molecule is CN1Cc2c(Cl)cc(Cl)cc2C(c2ccccc2N2C(=O)CN(C)C2=O)C1. The molecule has 0 spiro atoms. The van der Waals surface area contributed by atoms with Crippen LogP contribution in [0.25, 0.3) is 0 Å². The highest BCUT2D eigenvalue weighted by Gasteiger charge is 2.38. The van der Waals surface area contributed by atoms with Gasteiger partial charge in [-0.3, -0.25) is 4.79 Å². The van der Waals surface area contributed by atoms with Crippen molar-refractivity contribution in [1.82, 2.24) is 9.80 Å². The predicted molar refractivity (Wildman–Crippen MR) is 107 cm³/mol. The lowest BCUT2D eigenvalue weighted by atomic mass is 9.83. The molecule has 2 aliphatic rings. The van der Waals surface area contributed by atoms with Crippen LogP contribution in [0.5, 0.6) is 0 Å². The van der Waals surface area contributed by atoms with Crippen molar-refractivity contribution in [2.45, 2.75) is 12.5 Å². The molecule has 1 atom stereocenters. The largest absolute Gasteiger partial charge is 0.331 e. The summed E-state index contributed by atoms with van der Waals surface area (Å²) in [6.07, 6.45) is 0. The van der Waals surface area contributed by atoms with Crippen LogP contribution in [0.1, 0.15) is 22.6 Å². The molecule has 2 aromatic rings. The van der Waals surface area contributed by atoms with Crippen LogP contribution >= 0.6 is 23.2 Å². The standard InChI is InChI=1S/C20H19Cl2N3O2/c1-23-9-15(14-7-12(21)8-17(22)16(14)10-23)13-5-3-4-6-18(13)25-19(26)11-24(2)20(25)27/h3-8,15H,9-11H2,1-2H3. The van der Waals surface area contributed by atoms with Crippen molar-refractivity contribution < 1.29 is 9.59 Å². The number of fused-ring (bicyclic) bond motifs is 1. The Hall–Kier alpha value is -2.08. The third-order valence-electron chi connectivity index (χ3n) is 5.19. The molecule has 7 heteroatoms. The number of nitrogens with zero attached hydrogens (tertiary/aromatic N) is 3. The molecule has 0 aromatic heterocycles. The van der Waals surface area contributed by atoms with Gasteiger partial charge < -0.3 is 9.80 Å². The number of rotatable bonds is 2. The number of amides is 3. The summed E-state index contributed by atoms with van der Waals surface area (Å²) in [5.41, 5.74) is 3.62. The number of carbonyl (C=O) groups is 2. The maximum absolute atomic E-state index is 12.5. The Morgan fingerprint density at radius 2 is 1.74 bits per heavy atom.